The Bertz CT molecular complexity index is 377. The minimum absolute atomic E-state index is 0.330. The van der Waals surface area contributed by atoms with E-state index in [0.29, 0.717) is 6.10 Å². The summed E-state index contributed by atoms with van der Waals surface area (Å²) in [5.41, 5.74) is 1.12. The third kappa shape index (κ3) is 2.13. The van der Waals surface area contributed by atoms with Gasteiger partial charge in [-0.15, -0.1) is 11.3 Å². The molecule has 0 unspecified atom stereocenters. The van der Waals surface area contributed by atoms with Crippen LogP contribution >= 0.6 is 11.3 Å². The highest BCUT2D eigenvalue weighted by molar-refractivity contribution is 7.11. The van der Waals surface area contributed by atoms with Crippen molar-refractivity contribution in [1.82, 2.24) is 5.32 Å². The molecule has 0 saturated carbocycles. The van der Waals surface area contributed by atoms with Crippen molar-refractivity contribution < 1.29 is 4.74 Å². The van der Waals surface area contributed by atoms with Crippen molar-refractivity contribution in [2.75, 3.05) is 13.1 Å². The fourth-order valence-corrected chi connectivity index (χ4v) is 2.41. The molecule has 1 aliphatic rings. The number of allylic oxidation sites excluding steroid dienone is 1. The molecule has 0 atom stereocenters. The summed E-state index contributed by atoms with van der Waals surface area (Å²) in [6.07, 6.45) is 6.32. The Labute approximate surface area is 94.3 Å². The van der Waals surface area contributed by atoms with Gasteiger partial charge < -0.3 is 10.1 Å². The zero-order valence-electron chi connectivity index (χ0n) is 8.82. The first kappa shape index (κ1) is 10.5. The van der Waals surface area contributed by atoms with E-state index in [1.807, 2.05) is 19.1 Å². The van der Waals surface area contributed by atoms with Crippen LogP contribution in [-0.2, 0) is 0 Å². The smallest absolute Gasteiger partial charge is 0.138 e. The largest absolute Gasteiger partial charge is 0.486 e. The lowest BCUT2D eigenvalue weighted by molar-refractivity contribution is 0.142. The molecule has 0 spiro atoms. The second kappa shape index (κ2) is 4.64. The van der Waals surface area contributed by atoms with Crippen molar-refractivity contribution in [3.8, 4) is 5.75 Å². The van der Waals surface area contributed by atoms with Gasteiger partial charge in [-0.25, -0.2) is 0 Å². The van der Waals surface area contributed by atoms with E-state index in [9.17, 15) is 0 Å². The standard InChI is InChI=1S/C12H15NOS/c1-3-5-12-10(4-2)11(8-15-12)14-9-6-13-7-9/h3-5,8-9,13H,2,6-7H2,1H3/b5-3-. The molecule has 0 aliphatic carbocycles. The Balaban J connectivity index is 2.18. The van der Waals surface area contributed by atoms with Gasteiger partial charge in [-0.1, -0.05) is 18.7 Å². The molecule has 1 aliphatic heterocycles. The molecule has 1 aromatic rings. The molecule has 1 aromatic heterocycles. The number of ether oxygens (including phenoxy) is 1. The number of nitrogens with one attached hydrogen (secondary N) is 1. The summed E-state index contributed by atoms with van der Waals surface area (Å²) in [6.45, 7) is 7.75. The molecule has 1 fully saturated rings. The topological polar surface area (TPSA) is 21.3 Å². The van der Waals surface area contributed by atoms with Gasteiger partial charge in [0.2, 0.25) is 0 Å². The molecule has 0 aromatic carbocycles. The van der Waals surface area contributed by atoms with Gasteiger partial charge in [-0.2, -0.15) is 0 Å². The normalized spacial score (nSPS) is 16.6. The lowest BCUT2D eigenvalue weighted by Gasteiger charge is -2.27. The zero-order chi connectivity index (χ0) is 10.7. The summed E-state index contributed by atoms with van der Waals surface area (Å²) in [4.78, 5) is 1.22. The Morgan fingerprint density at radius 2 is 2.40 bits per heavy atom. The van der Waals surface area contributed by atoms with Crippen molar-refractivity contribution in [2.24, 2.45) is 0 Å². The molecule has 0 bridgehead atoms. The molecule has 0 amide bonds. The molecule has 3 heteroatoms. The van der Waals surface area contributed by atoms with E-state index in [1.165, 1.54) is 4.88 Å². The Morgan fingerprint density at radius 3 is 2.93 bits per heavy atom. The quantitative estimate of drug-likeness (QED) is 0.844. The summed E-state index contributed by atoms with van der Waals surface area (Å²) in [5, 5.41) is 5.25. The van der Waals surface area contributed by atoms with Crippen LogP contribution in [0.1, 0.15) is 17.4 Å². The summed E-state index contributed by atoms with van der Waals surface area (Å²) in [7, 11) is 0. The molecule has 2 rings (SSSR count). The molecule has 1 N–H and O–H groups in total. The Kier molecular flexibility index (Phi) is 3.23. The molecule has 2 nitrogen and oxygen atoms in total. The Hall–Kier alpha value is -1.06. The minimum Gasteiger partial charge on any atom is -0.486 e. The van der Waals surface area contributed by atoms with Crippen LogP contribution in [0.3, 0.4) is 0 Å². The fourth-order valence-electron chi connectivity index (χ4n) is 1.46. The first-order valence-corrected chi connectivity index (χ1v) is 5.97. The van der Waals surface area contributed by atoms with Gasteiger partial charge in [0.1, 0.15) is 11.9 Å². The maximum absolute atomic E-state index is 5.84. The van der Waals surface area contributed by atoms with Crippen LogP contribution in [0.4, 0.5) is 0 Å². The van der Waals surface area contributed by atoms with Crippen LogP contribution in [-0.4, -0.2) is 19.2 Å². The molecule has 2 heterocycles. The van der Waals surface area contributed by atoms with Gasteiger partial charge in [-0.05, 0) is 13.0 Å². The van der Waals surface area contributed by atoms with E-state index in [-0.39, 0.29) is 0 Å². The maximum atomic E-state index is 5.84. The molecule has 1 saturated heterocycles. The second-order valence-electron chi connectivity index (χ2n) is 3.48. The highest BCUT2D eigenvalue weighted by atomic mass is 32.1. The number of thiophene rings is 1. The SMILES string of the molecule is C=Cc1c(OC2CNC2)csc1/C=C\C. The molecular formula is C12H15NOS. The third-order valence-corrected chi connectivity index (χ3v) is 3.33. The van der Waals surface area contributed by atoms with Crippen LogP contribution < -0.4 is 10.1 Å². The average molecular weight is 221 g/mol. The summed E-state index contributed by atoms with van der Waals surface area (Å²) in [6, 6.07) is 0. The van der Waals surface area contributed by atoms with E-state index in [2.05, 4.69) is 23.4 Å². The summed E-state index contributed by atoms with van der Waals surface area (Å²) >= 11 is 1.70. The minimum atomic E-state index is 0.330. The van der Waals surface area contributed by atoms with E-state index in [4.69, 9.17) is 4.74 Å². The van der Waals surface area contributed by atoms with Gasteiger partial charge in [-0.3, -0.25) is 0 Å². The molecule has 80 valence electrons. The Morgan fingerprint density at radius 1 is 1.60 bits per heavy atom. The van der Waals surface area contributed by atoms with E-state index in [1.54, 1.807) is 11.3 Å². The van der Waals surface area contributed by atoms with E-state index in [0.717, 1.165) is 24.4 Å². The lowest BCUT2D eigenvalue weighted by atomic mass is 10.2. The second-order valence-corrected chi connectivity index (χ2v) is 4.39. The molecular weight excluding hydrogens is 206 g/mol. The van der Waals surface area contributed by atoms with Crippen LogP contribution in [0, 0.1) is 0 Å². The third-order valence-electron chi connectivity index (χ3n) is 2.38. The van der Waals surface area contributed by atoms with Gasteiger partial charge in [0.05, 0.1) is 0 Å². The average Bonchev–Trinajstić information content (AvgIpc) is 2.55. The van der Waals surface area contributed by atoms with Crippen LogP contribution in [0.2, 0.25) is 0 Å². The summed E-state index contributed by atoms with van der Waals surface area (Å²) < 4.78 is 5.84. The van der Waals surface area contributed by atoms with Crippen molar-refractivity contribution >= 4 is 23.5 Å². The fraction of sp³-hybridized carbons (Fsp3) is 0.333. The highest BCUT2D eigenvalue weighted by Crippen LogP contribution is 2.32. The van der Waals surface area contributed by atoms with Crippen molar-refractivity contribution in [3.63, 3.8) is 0 Å². The zero-order valence-corrected chi connectivity index (χ0v) is 9.64. The van der Waals surface area contributed by atoms with Crippen molar-refractivity contribution in [2.45, 2.75) is 13.0 Å². The van der Waals surface area contributed by atoms with Crippen LogP contribution in [0.5, 0.6) is 5.75 Å². The first-order chi connectivity index (χ1) is 7.35. The highest BCUT2D eigenvalue weighted by Gasteiger charge is 2.20. The van der Waals surface area contributed by atoms with Gasteiger partial charge >= 0.3 is 0 Å². The number of rotatable bonds is 4. The molecule has 0 radical (unpaired) electrons. The van der Waals surface area contributed by atoms with Crippen molar-refractivity contribution in [3.05, 3.63) is 28.5 Å². The molecule has 15 heavy (non-hydrogen) atoms. The predicted molar refractivity (Wildman–Crippen MR) is 66.4 cm³/mol. The lowest BCUT2D eigenvalue weighted by Crippen LogP contribution is -2.50. The monoisotopic (exact) mass is 221 g/mol. The number of hydrogen-bond donors (Lipinski definition) is 1. The van der Waals surface area contributed by atoms with Gasteiger partial charge in [0, 0.05) is 28.9 Å². The van der Waals surface area contributed by atoms with Crippen LogP contribution in [0.15, 0.2) is 18.0 Å². The van der Waals surface area contributed by atoms with E-state index >= 15 is 0 Å². The first-order valence-electron chi connectivity index (χ1n) is 5.09. The van der Waals surface area contributed by atoms with Crippen LogP contribution in [0.25, 0.3) is 12.2 Å². The number of hydrogen-bond acceptors (Lipinski definition) is 3. The maximum Gasteiger partial charge on any atom is 0.138 e. The predicted octanol–water partition coefficient (Wildman–Crippen LogP) is 2.77. The van der Waals surface area contributed by atoms with Gasteiger partial charge in [0.25, 0.3) is 0 Å². The summed E-state index contributed by atoms with van der Waals surface area (Å²) in [5.74, 6) is 0.967. The van der Waals surface area contributed by atoms with E-state index < -0.39 is 0 Å². The van der Waals surface area contributed by atoms with Crippen molar-refractivity contribution in [1.29, 1.82) is 0 Å². The van der Waals surface area contributed by atoms with Gasteiger partial charge in [0.15, 0.2) is 0 Å².